The van der Waals surface area contributed by atoms with Gasteiger partial charge in [0.1, 0.15) is 0 Å². The highest BCUT2D eigenvalue weighted by Gasteiger charge is 2.45. The van der Waals surface area contributed by atoms with Crippen LogP contribution in [0, 0.1) is 5.92 Å². The minimum Gasteiger partial charge on any atom is -0.454 e. The van der Waals surface area contributed by atoms with Crippen molar-refractivity contribution in [3.05, 3.63) is 76.0 Å². The third-order valence-electron chi connectivity index (χ3n) is 6.16. The molecule has 0 saturated carbocycles. The van der Waals surface area contributed by atoms with Gasteiger partial charge in [0.15, 0.2) is 11.5 Å². The Morgan fingerprint density at radius 2 is 1.97 bits per heavy atom. The zero-order valence-corrected chi connectivity index (χ0v) is 19.4. The van der Waals surface area contributed by atoms with Gasteiger partial charge in [-0.15, -0.1) is 0 Å². The predicted octanol–water partition coefficient (Wildman–Crippen LogP) is 5.12. The first-order valence-electron chi connectivity index (χ1n) is 11.2. The van der Waals surface area contributed by atoms with Crippen LogP contribution in [0.1, 0.15) is 53.7 Å². The van der Waals surface area contributed by atoms with Gasteiger partial charge < -0.3 is 14.8 Å². The number of thiophene rings is 1. The molecule has 1 N–H and O–H groups in total. The van der Waals surface area contributed by atoms with Gasteiger partial charge in [-0.1, -0.05) is 32.0 Å². The van der Waals surface area contributed by atoms with Gasteiger partial charge in [-0.2, -0.15) is 11.3 Å². The predicted molar refractivity (Wildman–Crippen MR) is 128 cm³/mol. The van der Waals surface area contributed by atoms with Crippen LogP contribution in [0.4, 0.5) is 5.69 Å². The molecule has 3 aromatic rings. The number of benzene rings is 2. The summed E-state index contributed by atoms with van der Waals surface area (Å²) in [6.45, 7) is 5.03. The minimum atomic E-state index is -0.536. The largest absolute Gasteiger partial charge is 0.454 e. The highest BCUT2D eigenvalue weighted by molar-refractivity contribution is 7.08. The van der Waals surface area contributed by atoms with Gasteiger partial charge >= 0.3 is 0 Å². The van der Waals surface area contributed by atoms with Gasteiger partial charge in [-0.3, -0.25) is 14.5 Å². The molecule has 2 aromatic carbocycles. The van der Waals surface area contributed by atoms with E-state index in [1.165, 1.54) is 0 Å². The molecule has 0 spiro atoms. The molecular weight excluding hydrogens is 436 g/mol. The zero-order chi connectivity index (χ0) is 22.9. The second kappa shape index (κ2) is 8.90. The number of nitrogens with one attached hydrogen (secondary N) is 1. The van der Waals surface area contributed by atoms with Gasteiger partial charge in [0.05, 0.1) is 12.0 Å². The van der Waals surface area contributed by atoms with Crippen molar-refractivity contribution in [3.8, 4) is 11.5 Å². The summed E-state index contributed by atoms with van der Waals surface area (Å²) < 4.78 is 11.0. The van der Waals surface area contributed by atoms with E-state index in [1.807, 2.05) is 53.2 Å². The molecular formula is C26H26N2O4S. The lowest BCUT2D eigenvalue weighted by Crippen LogP contribution is -2.47. The van der Waals surface area contributed by atoms with E-state index in [2.05, 4.69) is 19.2 Å². The van der Waals surface area contributed by atoms with E-state index in [-0.39, 0.29) is 18.6 Å². The van der Waals surface area contributed by atoms with Crippen LogP contribution in [-0.2, 0) is 4.79 Å². The van der Waals surface area contributed by atoms with E-state index in [9.17, 15) is 9.59 Å². The molecule has 0 fully saturated rings. The number of anilines is 1. The Kier molecular flexibility index (Phi) is 5.81. The monoisotopic (exact) mass is 462 g/mol. The van der Waals surface area contributed by atoms with Crippen LogP contribution in [-0.4, -0.2) is 25.2 Å². The summed E-state index contributed by atoms with van der Waals surface area (Å²) in [5.74, 6) is 0.999. The van der Waals surface area contributed by atoms with Gasteiger partial charge in [0.2, 0.25) is 12.7 Å². The Morgan fingerprint density at radius 3 is 2.76 bits per heavy atom. The molecule has 0 aliphatic carbocycles. The van der Waals surface area contributed by atoms with E-state index in [0.717, 1.165) is 17.5 Å². The first kappa shape index (κ1) is 21.5. The molecule has 5 rings (SSSR count). The number of fused-ring (bicyclic) bond motifs is 2. The Morgan fingerprint density at radius 1 is 1.15 bits per heavy atom. The maximum absolute atomic E-state index is 13.8. The SMILES string of the molecule is CC(C)CCNC(=O)C1c2ccccc2C(=O)N(c2ccc3c(c2)OCO3)C1c1ccsc1. The standard InChI is InChI=1S/C26H26N2O4S/c1-16(2)9-11-27-25(29)23-19-5-3-4-6-20(19)26(30)28(24(23)17-10-12-33-14-17)18-7-8-21-22(13-18)32-15-31-21/h3-8,10,12-14,16,23-24H,9,11,15H2,1-2H3,(H,27,29). The lowest BCUT2D eigenvalue weighted by Gasteiger charge is -2.41. The number of ether oxygens (including phenoxy) is 2. The van der Waals surface area contributed by atoms with Crippen molar-refractivity contribution < 1.29 is 19.1 Å². The molecule has 33 heavy (non-hydrogen) atoms. The van der Waals surface area contributed by atoms with Crippen molar-refractivity contribution in [1.82, 2.24) is 5.32 Å². The van der Waals surface area contributed by atoms with Gasteiger partial charge in [-0.05, 0) is 58.5 Å². The second-order valence-electron chi connectivity index (χ2n) is 8.75. The summed E-state index contributed by atoms with van der Waals surface area (Å²) in [6.07, 6.45) is 0.897. The number of carbonyl (C=O) groups is 2. The number of hydrogen-bond acceptors (Lipinski definition) is 5. The van der Waals surface area contributed by atoms with Crippen LogP contribution in [0.2, 0.25) is 0 Å². The van der Waals surface area contributed by atoms with Crippen molar-refractivity contribution in [2.45, 2.75) is 32.2 Å². The van der Waals surface area contributed by atoms with Crippen LogP contribution >= 0.6 is 11.3 Å². The second-order valence-corrected chi connectivity index (χ2v) is 9.53. The number of hydrogen-bond donors (Lipinski definition) is 1. The topological polar surface area (TPSA) is 67.9 Å². The number of nitrogens with zero attached hydrogens (tertiary/aromatic N) is 1. The Hall–Kier alpha value is -3.32. The summed E-state index contributed by atoms with van der Waals surface area (Å²) in [5, 5.41) is 7.12. The molecule has 0 saturated heterocycles. The first-order chi connectivity index (χ1) is 16.0. The molecule has 2 aliphatic heterocycles. The quantitative estimate of drug-likeness (QED) is 0.552. The average Bonchev–Trinajstić information content (AvgIpc) is 3.50. The Balaban J connectivity index is 1.62. The van der Waals surface area contributed by atoms with E-state index in [4.69, 9.17) is 9.47 Å². The normalized spacial score (nSPS) is 19.0. The molecule has 3 heterocycles. The van der Waals surface area contributed by atoms with E-state index >= 15 is 0 Å². The van der Waals surface area contributed by atoms with Crippen molar-refractivity contribution in [2.24, 2.45) is 5.92 Å². The molecule has 6 nitrogen and oxygen atoms in total. The highest BCUT2D eigenvalue weighted by atomic mass is 32.1. The molecule has 2 atom stereocenters. The van der Waals surface area contributed by atoms with E-state index in [1.54, 1.807) is 22.3 Å². The summed E-state index contributed by atoms with van der Waals surface area (Å²) >= 11 is 1.55. The van der Waals surface area contributed by atoms with E-state index < -0.39 is 12.0 Å². The van der Waals surface area contributed by atoms with Crippen LogP contribution in [0.5, 0.6) is 11.5 Å². The van der Waals surface area contributed by atoms with Crippen molar-refractivity contribution >= 4 is 28.8 Å². The fourth-order valence-corrected chi connectivity index (χ4v) is 5.20. The lowest BCUT2D eigenvalue weighted by atomic mass is 9.79. The summed E-state index contributed by atoms with van der Waals surface area (Å²) in [5.41, 5.74) is 2.92. The van der Waals surface area contributed by atoms with Crippen molar-refractivity contribution in [3.63, 3.8) is 0 Å². The molecule has 0 radical (unpaired) electrons. The Labute approximate surface area is 197 Å². The van der Waals surface area contributed by atoms with E-state index in [0.29, 0.717) is 35.2 Å². The molecule has 2 unspecified atom stereocenters. The number of carbonyl (C=O) groups excluding carboxylic acids is 2. The highest BCUT2D eigenvalue weighted by Crippen LogP contribution is 2.47. The fraction of sp³-hybridized carbons (Fsp3) is 0.308. The third kappa shape index (κ3) is 3.97. The first-order valence-corrected chi connectivity index (χ1v) is 12.1. The fourth-order valence-electron chi connectivity index (χ4n) is 4.51. The van der Waals surface area contributed by atoms with Crippen LogP contribution in [0.3, 0.4) is 0 Å². The van der Waals surface area contributed by atoms with Crippen LogP contribution in [0.25, 0.3) is 0 Å². The minimum absolute atomic E-state index is 0.0717. The lowest BCUT2D eigenvalue weighted by molar-refractivity contribution is -0.123. The van der Waals surface area contributed by atoms with Crippen molar-refractivity contribution in [1.29, 1.82) is 0 Å². The molecule has 170 valence electrons. The average molecular weight is 463 g/mol. The number of rotatable bonds is 6. The maximum Gasteiger partial charge on any atom is 0.259 e. The zero-order valence-electron chi connectivity index (χ0n) is 18.6. The molecule has 0 bridgehead atoms. The molecule has 7 heteroatoms. The van der Waals surface area contributed by atoms with Gasteiger partial charge in [0, 0.05) is 23.9 Å². The van der Waals surface area contributed by atoms with Gasteiger partial charge in [-0.25, -0.2) is 0 Å². The third-order valence-corrected chi connectivity index (χ3v) is 6.86. The number of amides is 2. The summed E-state index contributed by atoms with van der Waals surface area (Å²) in [4.78, 5) is 29.2. The van der Waals surface area contributed by atoms with Crippen molar-refractivity contribution in [2.75, 3.05) is 18.2 Å². The van der Waals surface area contributed by atoms with Crippen LogP contribution < -0.4 is 19.7 Å². The molecule has 2 amide bonds. The smallest absolute Gasteiger partial charge is 0.259 e. The summed E-state index contributed by atoms with van der Waals surface area (Å²) in [6, 6.07) is 14.4. The molecule has 2 aliphatic rings. The molecule has 1 aromatic heterocycles. The van der Waals surface area contributed by atoms with Crippen LogP contribution in [0.15, 0.2) is 59.3 Å². The van der Waals surface area contributed by atoms with Gasteiger partial charge in [0.25, 0.3) is 5.91 Å². The Bertz CT molecular complexity index is 1170. The maximum atomic E-state index is 13.8. The summed E-state index contributed by atoms with van der Waals surface area (Å²) in [7, 11) is 0.